The maximum Gasteiger partial charge on any atom is 0.179 e. The number of quaternary nitrogens is 1. The summed E-state index contributed by atoms with van der Waals surface area (Å²) in [6.45, 7) is 0.692. The lowest BCUT2D eigenvalue weighted by Crippen LogP contribution is -2.41. The number of carbonyl (C=O) groups is 1. The molecule has 0 unspecified atom stereocenters. The van der Waals surface area contributed by atoms with Crippen LogP contribution in [0.4, 0.5) is 0 Å². The molecule has 4 heteroatoms. The summed E-state index contributed by atoms with van der Waals surface area (Å²) >= 11 is 0. The SMILES string of the molecule is C[N+](C)(CO)CCCC(=O)[O-]. The van der Waals surface area contributed by atoms with E-state index in [1.807, 2.05) is 14.1 Å². The zero-order valence-corrected chi connectivity index (χ0v) is 7.04. The average Bonchev–Trinajstić information content (AvgIpc) is 1.87. The normalized spacial score (nSPS) is 11.5. The van der Waals surface area contributed by atoms with Gasteiger partial charge in [0, 0.05) is 12.4 Å². The quantitative estimate of drug-likeness (QED) is 0.396. The van der Waals surface area contributed by atoms with E-state index in [1.54, 1.807) is 0 Å². The highest BCUT2D eigenvalue weighted by Crippen LogP contribution is 1.98. The molecular formula is C7H15NO3. The predicted molar refractivity (Wildman–Crippen MR) is 38.3 cm³/mol. The van der Waals surface area contributed by atoms with Gasteiger partial charge in [-0.3, -0.25) is 0 Å². The van der Waals surface area contributed by atoms with Gasteiger partial charge in [-0.2, -0.15) is 0 Å². The number of aliphatic hydroxyl groups excluding tert-OH is 1. The molecule has 0 fully saturated rings. The van der Waals surface area contributed by atoms with Crippen molar-refractivity contribution in [2.24, 2.45) is 0 Å². The van der Waals surface area contributed by atoms with Gasteiger partial charge >= 0.3 is 0 Å². The molecule has 11 heavy (non-hydrogen) atoms. The summed E-state index contributed by atoms with van der Waals surface area (Å²) in [5, 5.41) is 18.8. The number of aliphatic carboxylic acids is 1. The van der Waals surface area contributed by atoms with Crippen LogP contribution < -0.4 is 5.11 Å². The molecule has 0 amide bonds. The van der Waals surface area contributed by atoms with Gasteiger partial charge in [-0.1, -0.05) is 0 Å². The minimum Gasteiger partial charge on any atom is -0.550 e. The lowest BCUT2D eigenvalue weighted by Gasteiger charge is -2.26. The van der Waals surface area contributed by atoms with E-state index in [-0.39, 0.29) is 13.2 Å². The van der Waals surface area contributed by atoms with Gasteiger partial charge in [-0.05, 0) is 6.42 Å². The Labute approximate surface area is 66.6 Å². The predicted octanol–water partition coefficient (Wildman–Crippen LogP) is -1.46. The van der Waals surface area contributed by atoms with Crippen LogP contribution in [-0.4, -0.2) is 42.9 Å². The van der Waals surface area contributed by atoms with Crippen LogP contribution in [0, 0.1) is 0 Å². The first-order valence-electron chi connectivity index (χ1n) is 3.60. The van der Waals surface area contributed by atoms with Crippen LogP contribution >= 0.6 is 0 Å². The Bertz CT molecular complexity index is 134. The highest BCUT2D eigenvalue weighted by molar-refractivity contribution is 5.64. The molecule has 1 N–H and O–H groups in total. The number of hydrogen-bond donors (Lipinski definition) is 1. The molecule has 0 saturated heterocycles. The second-order valence-electron chi connectivity index (χ2n) is 3.28. The molecule has 0 aliphatic heterocycles. The highest BCUT2D eigenvalue weighted by Gasteiger charge is 2.11. The molecule has 0 spiro atoms. The summed E-state index contributed by atoms with van der Waals surface area (Å²) in [7, 11) is 3.69. The van der Waals surface area contributed by atoms with Crippen LogP contribution in [0.2, 0.25) is 0 Å². The molecule has 0 rings (SSSR count). The van der Waals surface area contributed by atoms with Crippen molar-refractivity contribution < 1.29 is 19.5 Å². The van der Waals surface area contributed by atoms with Crippen LogP contribution in [-0.2, 0) is 4.79 Å². The lowest BCUT2D eigenvalue weighted by molar-refractivity contribution is -0.908. The second kappa shape index (κ2) is 4.31. The Kier molecular flexibility index (Phi) is 4.07. The van der Waals surface area contributed by atoms with Crippen molar-refractivity contribution in [1.82, 2.24) is 0 Å². The molecule has 0 heterocycles. The molecule has 0 aromatic carbocycles. The number of nitrogens with zero attached hydrogens (tertiary/aromatic N) is 1. The minimum atomic E-state index is -1.03. The maximum absolute atomic E-state index is 9.99. The first kappa shape index (κ1) is 10.4. The Hall–Kier alpha value is -0.610. The maximum atomic E-state index is 9.99. The Morgan fingerprint density at radius 1 is 1.55 bits per heavy atom. The molecule has 0 saturated carbocycles. The van der Waals surface area contributed by atoms with E-state index in [0.717, 1.165) is 0 Å². The second-order valence-corrected chi connectivity index (χ2v) is 3.28. The lowest BCUT2D eigenvalue weighted by atomic mass is 10.3. The van der Waals surface area contributed by atoms with Crippen LogP contribution in [0.25, 0.3) is 0 Å². The van der Waals surface area contributed by atoms with Crippen LogP contribution in [0.3, 0.4) is 0 Å². The highest BCUT2D eigenvalue weighted by atomic mass is 16.4. The zero-order chi connectivity index (χ0) is 8.91. The van der Waals surface area contributed by atoms with E-state index in [4.69, 9.17) is 5.11 Å². The van der Waals surface area contributed by atoms with E-state index < -0.39 is 5.97 Å². The summed E-state index contributed by atoms with van der Waals surface area (Å²) in [6.07, 6.45) is 0.623. The molecule has 0 aliphatic carbocycles. The Balaban J connectivity index is 3.45. The van der Waals surface area contributed by atoms with Crippen LogP contribution in [0.1, 0.15) is 12.8 Å². The third-order valence-corrected chi connectivity index (χ3v) is 1.53. The number of carboxylic acid groups (broad SMARTS) is 1. The summed E-state index contributed by atoms with van der Waals surface area (Å²) in [4.78, 5) is 9.99. The fourth-order valence-electron chi connectivity index (χ4n) is 0.722. The van der Waals surface area contributed by atoms with E-state index in [9.17, 15) is 9.90 Å². The molecule has 0 aromatic heterocycles. The van der Waals surface area contributed by atoms with Crippen molar-refractivity contribution in [3.8, 4) is 0 Å². The molecule has 0 atom stereocenters. The monoisotopic (exact) mass is 161 g/mol. The molecule has 0 aliphatic rings. The number of aliphatic hydroxyl groups is 1. The van der Waals surface area contributed by atoms with E-state index >= 15 is 0 Å². The first-order chi connectivity index (χ1) is 4.98. The first-order valence-corrected chi connectivity index (χ1v) is 3.60. The number of hydrogen-bond acceptors (Lipinski definition) is 3. The van der Waals surface area contributed by atoms with Gasteiger partial charge in [-0.15, -0.1) is 0 Å². The van der Waals surface area contributed by atoms with Crippen LogP contribution in [0.5, 0.6) is 0 Å². The standard InChI is InChI=1S/C7H15NO3/c1-8(2,6-9)5-3-4-7(10)11/h9H,3-6H2,1-2H3. The number of carboxylic acids is 1. The summed E-state index contributed by atoms with van der Waals surface area (Å²) in [6, 6.07) is 0. The smallest absolute Gasteiger partial charge is 0.179 e. The average molecular weight is 161 g/mol. The van der Waals surface area contributed by atoms with Crippen molar-refractivity contribution in [2.45, 2.75) is 12.8 Å². The van der Waals surface area contributed by atoms with Crippen LogP contribution in [0.15, 0.2) is 0 Å². The Morgan fingerprint density at radius 2 is 2.09 bits per heavy atom. The summed E-state index contributed by atoms with van der Waals surface area (Å²) in [5.74, 6) is -1.03. The molecular weight excluding hydrogens is 146 g/mol. The van der Waals surface area contributed by atoms with Crippen molar-refractivity contribution in [1.29, 1.82) is 0 Å². The minimum absolute atomic E-state index is 0.0348. The molecule has 4 nitrogen and oxygen atoms in total. The summed E-state index contributed by atoms with van der Waals surface area (Å²) in [5.41, 5.74) is 0. The fourth-order valence-corrected chi connectivity index (χ4v) is 0.722. The van der Waals surface area contributed by atoms with Crippen molar-refractivity contribution in [3.05, 3.63) is 0 Å². The van der Waals surface area contributed by atoms with Gasteiger partial charge in [-0.25, -0.2) is 0 Å². The zero-order valence-electron chi connectivity index (χ0n) is 7.04. The van der Waals surface area contributed by atoms with Crippen molar-refractivity contribution in [3.63, 3.8) is 0 Å². The molecule has 66 valence electrons. The number of rotatable bonds is 5. The van der Waals surface area contributed by atoms with Crippen molar-refractivity contribution in [2.75, 3.05) is 27.4 Å². The van der Waals surface area contributed by atoms with Gasteiger partial charge in [0.1, 0.15) is 0 Å². The third-order valence-electron chi connectivity index (χ3n) is 1.53. The summed E-state index contributed by atoms with van der Waals surface area (Å²) < 4.78 is 0.438. The van der Waals surface area contributed by atoms with Gasteiger partial charge < -0.3 is 19.5 Å². The van der Waals surface area contributed by atoms with Gasteiger partial charge in [0.05, 0.1) is 20.6 Å². The van der Waals surface area contributed by atoms with Crippen molar-refractivity contribution >= 4 is 5.97 Å². The van der Waals surface area contributed by atoms with E-state index in [2.05, 4.69) is 0 Å². The third kappa shape index (κ3) is 5.82. The fraction of sp³-hybridized carbons (Fsp3) is 0.857. The Morgan fingerprint density at radius 3 is 2.45 bits per heavy atom. The molecule has 0 aromatic rings. The largest absolute Gasteiger partial charge is 0.550 e. The van der Waals surface area contributed by atoms with E-state index in [1.165, 1.54) is 0 Å². The molecule has 0 bridgehead atoms. The van der Waals surface area contributed by atoms with Gasteiger partial charge in [0.25, 0.3) is 0 Å². The van der Waals surface area contributed by atoms with E-state index in [0.29, 0.717) is 17.4 Å². The van der Waals surface area contributed by atoms with Gasteiger partial charge in [0.15, 0.2) is 6.73 Å². The molecule has 0 radical (unpaired) electrons. The topological polar surface area (TPSA) is 60.4 Å². The van der Waals surface area contributed by atoms with Gasteiger partial charge in [0.2, 0.25) is 0 Å². The number of carbonyl (C=O) groups excluding carboxylic acids is 1.